The number of nitrogens with zero attached hydrogens (tertiary/aromatic N) is 1. The molecule has 1 heterocycles. The minimum atomic E-state index is -3.13. The van der Waals surface area contributed by atoms with Crippen molar-refractivity contribution in [2.75, 3.05) is 18.6 Å². The van der Waals surface area contributed by atoms with Crippen molar-refractivity contribution in [1.29, 1.82) is 0 Å². The molecule has 2 aliphatic rings. The fourth-order valence-electron chi connectivity index (χ4n) is 3.13. The largest absolute Gasteiger partial charge is 0.342 e. The highest BCUT2D eigenvalue weighted by Gasteiger charge is 2.47. The Morgan fingerprint density at radius 3 is 2.45 bits per heavy atom. The Bertz CT molecular complexity index is 508. The predicted molar refractivity (Wildman–Crippen MR) is 74.8 cm³/mol. The molecule has 0 aromatic heterocycles. The number of amides is 2. The second-order valence-electron chi connectivity index (χ2n) is 6.02. The first kappa shape index (κ1) is 15.3. The fraction of sp³-hybridized carbons (Fsp3) is 0.846. The Balaban J connectivity index is 2.23. The van der Waals surface area contributed by atoms with Crippen LogP contribution in [0.25, 0.3) is 0 Å². The van der Waals surface area contributed by atoms with Crippen LogP contribution in [0.3, 0.4) is 0 Å². The summed E-state index contributed by atoms with van der Waals surface area (Å²) in [6, 6.07) is -0.260. The summed E-state index contributed by atoms with van der Waals surface area (Å²) in [5.41, 5.74) is -0.792. The van der Waals surface area contributed by atoms with Gasteiger partial charge in [-0.05, 0) is 19.8 Å². The van der Waals surface area contributed by atoms with E-state index < -0.39 is 15.4 Å². The summed E-state index contributed by atoms with van der Waals surface area (Å²) in [5, 5.41) is 2.88. The van der Waals surface area contributed by atoms with Crippen molar-refractivity contribution in [2.45, 2.75) is 50.6 Å². The predicted octanol–water partition coefficient (Wildman–Crippen LogP) is 0.0808. The van der Waals surface area contributed by atoms with Gasteiger partial charge in [0.2, 0.25) is 11.8 Å². The maximum absolute atomic E-state index is 12.8. The molecule has 114 valence electrons. The van der Waals surface area contributed by atoms with E-state index in [1.54, 1.807) is 11.8 Å². The number of hydrogen-bond acceptors (Lipinski definition) is 4. The summed E-state index contributed by atoms with van der Waals surface area (Å²) in [7, 11) is -3.13. The average Bonchev–Trinajstić information content (AvgIpc) is 2.73. The summed E-state index contributed by atoms with van der Waals surface area (Å²) < 4.78 is 22.7. The highest BCUT2D eigenvalue weighted by atomic mass is 32.2. The molecule has 0 bridgehead atoms. The van der Waals surface area contributed by atoms with Crippen molar-refractivity contribution in [2.24, 2.45) is 0 Å². The first-order valence-corrected chi connectivity index (χ1v) is 9.09. The summed E-state index contributed by atoms with van der Waals surface area (Å²) in [4.78, 5) is 26.3. The lowest BCUT2D eigenvalue weighted by Gasteiger charge is -2.34. The van der Waals surface area contributed by atoms with Gasteiger partial charge in [-0.25, -0.2) is 8.42 Å². The van der Waals surface area contributed by atoms with Gasteiger partial charge in [0.1, 0.15) is 15.4 Å². The Morgan fingerprint density at radius 1 is 1.30 bits per heavy atom. The van der Waals surface area contributed by atoms with E-state index in [9.17, 15) is 18.0 Å². The van der Waals surface area contributed by atoms with Crippen LogP contribution in [0.2, 0.25) is 0 Å². The minimum absolute atomic E-state index is 0.0622. The number of carbonyl (C=O) groups is 2. The van der Waals surface area contributed by atoms with Crippen LogP contribution in [0, 0.1) is 0 Å². The summed E-state index contributed by atoms with van der Waals surface area (Å²) >= 11 is 0. The molecule has 2 amide bonds. The second kappa shape index (κ2) is 5.35. The molecule has 1 saturated heterocycles. The van der Waals surface area contributed by atoms with Crippen LogP contribution in [-0.4, -0.2) is 55.3 Å². The quantitative estimate of drug-likeness (QED) is 0.800. The van der Waals surface area contributed by atoms with Crippen LogP contribution >= 0.6 is 0 Å². The fourth-order valence-corrected chi connectivity index (χ4v) is 3.66. The molecule has 2 fully saturated rings. The van der Waals surface area contributed by atoms with Gasteiger partial charge in [-0.3, -0.25) is 9.59 Å². The van der Waals surface area contributed by atoms with E-state index in [2.05, 4.69) is 5.32 Å². The van der Waals surface area contributed by atoms with Gasteiger partial charge in [0.15, 0.2) is 0 Å². The van der Waals surface area contributed by atoms with E-state index in [1.165, 1.54) is 0 Å². The Labute approximate surface area is 119 Å². The van der Waals surface area contributed by atoms with Gasteiger partial charge in [-0.2, -0.15) is 0 Å². The molecule has 1 aliphatic heterocycles. The molecule has 1 atom stereocenters. The number of sulfone groups is 1. The Morgan fingerprint density at radius 2 is 1.90 bits per heavy atom. The van der Waals surface area contributed by atoms with Crippen LogP contribution in [0.1, 0.15) is 39.0 Å². The molecule has 0 aromatic carbocycles. The number of rotatable bonds is 3. The lowest BCUT2D eigenvalue weighted by Crippen LogP contribution is -2.56. The van der Waals surface area contributed by atoms with E-state index in [0.29, 0.717) is 12.8 Å². The van der Waals surface area contributed by atoms with E-state index in [4.69, 9.17) is 0 Å². The SMILES string of the molecule is CC1CC(=O)NC2(CCCC2)C(=O)N1CCS(C)(=O)=O. The molecule has 1 spiro atoms. The van der Waals surface area contributed by atoms with Gasteiger partial charge < -0.3 is 10.2 Å². The average molecular weight is 302 g/mol. The maximum atomic E-state index is 12.8. The smallest absolute Gasteiger partial charge is 0.248 e. The highest BCUT2D eigenvalue weighted by molar-refractivity contribution is 7.90. The highest BCUT2D eigenvalue weighted by Crippen LogP contribution is 2.34. The molecular formula is C13H22N2O4S. The summed E-state index contributed by atoms with van der Waals surface area (Å²) in [6.07, 6.45) is 4.53. The van der Waals surface area contributed by atoms with E-state index in [0.717, 1.165) is 19.1 Å². The molecule has 7 heteroatoms. The first-order chi connectivity index (χ1) is 9.23. The molecule has 20 heavy (non-hydrogen) atoms. The van der Waals surface area contributed by atoms with Gasteiger partial charge >= 0.3 is 0 Å². The van der Waals surface area contributed by atoms with Crippen molar-refractivity contribution >= 4 is 21.7 Å². The topological polar surface area (TPSA) is 83.6 Å². The minimum Gasteiger partial charge on any atom is -0.342 e. The van der Waals surface area contributed by atoms with Crippen molar-refractivity contribution in [1.82, 2.24) is 10.2 Å². The molecule has 0 radical (unpaired) electrons. The Hall–Kier alpha value is -1.11. The van der Waals surface area contributed by atoms with Crippen molar-refractivity contribution in [3.8, 4) is 0 Å². The standard InChI is InChI=1S/C13H22N2O4S/c1-10-9-11(16)14-13(5-3-4-6-13)12(17)15(10)7-8-20(2,18)19/h10H,3-9H2,1-2H3,(H,14,16). The Kier molecular flexibility index (Phi) is 4.09. The maximum Gasteiger partial charge on any atom is 0.248 e. The third-order valence-corrected chi connectivity index (χ3v) is 5.15. The van der Waals surface area contributed by atoms with Crippen LogP contribution in [0.5, 0.6) is 0 Å². The first-order valence-electron chi connectivity index (χ1n) is 7.03. The molecule has 6 nitrogen and oxygen atoms in total. The van der Waals surface area contributed by atoms with E-state index >= 15 is 0 Å². The number of carbonyl (C=O) groups excluding carboxylic acids is 2. The third-order valence-electron chi connectivity index (χ3n) is 4.22. The molecule has 2 rings (SSSR count). The zero-order valence-electron chi connectivity index (χ0n) is 12.0. The molecule has 1 unspecified atom stereocenters. The molecular weight excluding hydrogens is 280 g/mol. The zero-order valence-corrected chi connectivity index (χ0v) is 12.8. The van der Waals surface area contributed by atoms with Gasteiger partial charge in [0, 0.05) is 25.3 Å². The molecule has 1 N–H and O–H groups in total. The van der Waals surface area contributed by atoms with Gasteiger partial charge in [0.25, 0.3) is 0 Å². The molecule has 1 saturated carbocycles. The number of hydrogen-bond donors (Lipinski definition) is 1. The van der Waals surface area contributed by atoms with Gasteiger partial charge in [-0.1, -0.05) is 12.8 Å². The van der Waals surface area contributed by atoms with Crippen LogP contribution in [0.15, 0.2) is 0 Å². The normalized spacial score (nSPS) is 26.7. The van der Waals surface area contributed by atoms with E-state index in [-0.39, 0.29) is 36.6 Å². The van der Waals surface area contributed by atoms with Crippen molar-refractivity contribution in [3.05, 3.63) is 0 Å². The van der Waals surface area contributed by atoms with Gasteiger partial charge in [-0.15, -0.1) is 0 Å². The van der Waals surface area contributed by atoms with Crippen LogP contribution in [0.4, 0.5) is 0 Å². The zero-order chi connectivity index (χ0) is 15.0. The number of nitrogens with one attached hydrogen (secondary N) is 1. The van der Waals surface area contributed by atoms with E-state index in [1.807, 2.05) is 0 Å². The lowest BCUT2D eigenvalue weighted by molar-refractivity contribution is -0.139. The lowest BCUT2D eigenvalue weighted by atomic mass is 9.95. The summed E-state index contributed by atoms with van der Waals surface area (Å²) in [6.45, 7) is 1.96. The van der Waals surface area contributed by atoms with Crippen molar-refractivity contribution < 1.29 is 18.0 Å². The van der Waals surface area contributed by atoms with Crippen molar-refractivity contribution in [3.63, 3.8) is 0 Å². The van der Waals surface area contributed by atoms with Crippen LogP contribution in [-0.2, 0) is 19.4 Å². The third kappa shape index (κ3) is 3.13. The molecule has 0 aromatic rings. The molecule has 1 aliphatic carbocycles. The second-order valence-corrected chi connectivity index (χ2v) is 8.28. The summed E-state index contributed by atoms with van der Waals surface area (Å²) in [5.74, 6) is -0.292. The monoisotopic (exact) mass is 302 g/mol. The van der Waals surface area contributed by atoms with Gasteiger partial charge in [0.05, 0.1) is 5.75 Å². The van der Waals surface area contributed by atoms with Crippen LogP contribution < -0.4 is 5.32 Å².